The van der Waals surface area contributed by atoms with Gasteiger partial charge < -0.3 is 4.74 Å². The van der Waals surface area contributed by atoms with Gasteiger partial charge >= 0.3 is 5.97 Å². The molecule has 0 aromatic carbocycles. The maximum atomic E-state index is 12.0. The Balaban J connectivity index is 3.19. The van der Waals surface area contributed by atoms with Crippen molar-refractivity contribution in [3.63, 3.8) is 0 Å². The van der Waals surface area contributed by atoms with Crippen molar-refractivity contribution in [3.05, 3.63) is 0 Å². The zero-order chi connectivity index (χ0) is 15.6. The highest BCUT2D eigenvalue weighted by Gasteiger charge is 2.47. The number of carbonyl (C=O) groups is 1. The average molecular weight is 274 g/mol. The summed E-state index contributed by atoms with van der Waals surface area (Å²) in [5.74, 6) is -0.648. The van der Waals surface area contributed by atoms with Crippen molar-refractivity contribution in [1.29, 1.82) is 1.43 Å². The molecule has 1 aliphatic heterocycles. The smallest absolute Gasteiger partial charge is 0.338 e. The zero-order valence-electron chi connectivity index (χ0n) is 13.3. The van der Waals surface area contributed by atoms with Gasteiger partial charge in [0.05, 0.1) is 23.5 Å². The number of carbonyl (C=O) groups excluding carboxylic acids is 1. The van der Waals surface area contributed by atoms with Crippen LogP contribution in [0.15, 0.2) is 0 Å². The first-order valence-electron chi connectivity index (χ1n) is 6.63. The highest BCUT2D eigenvalue weighted by molar-refractivity contribution is 8.35. The highest BCUT2D eigenvalue weighted by atomic mass is 32.3. The van der Waals surface area contributed by atoms with E-state index in [0.29, 0.717) is 6.42 Å². The van der Waals surface area contributed by atoms with Gasteiger partial charge in [-0.2, -0.15) is 0 Å². The molecule has 96 valence electrons. The van der Waals surface area contributed by atoms with Gasteiger partial charge in [0.2, 0.25) is 0 Å². The van der Waals surface area contributed by atoms with E-state index < -0.39 is 33.4 Å². The molecule has 1 aliphatic rings. The molecule has 7 heteroatoms. The van der Waals surface area contributed by atoms with Crippen molar-refractivity contribution in [3.8, 4) is 0 Å². The topological polar surface area (TPSA) is 65.0 Å². The Labute approximate surface area is 107 Å². The molecule has 1 rings (SSSR count). The van der Waals surface area contributed by atoms with Crippen molar-refractivity contribution in [2.75, 3.05) is 14.1 Å². The van der Waals surface area contributed by atoms with Crippen LogP contribution in [0.4, 0.5) is 0 Å². The monoisotopic (exact) mass is 274 g/mol. The summed E-state index contributed by atoms with van der Waals surface area (Å²) in [6, 6.07) is 0. The molecule has 1 fully saturated rings. The van der Waals surface area contributed by atoms with Crippen molar-refractivity contribution in [1.82, 2.24) is 0 Å². The van der Waals surface area contributed by atoms with E-state index in [1.165, 1.54) is 18.9 Å². The number of hydrogen-bond acceptors (Lipinski definition) is 6. The SMILES string of the molecule is [2H]OOS1(OC([2H])([2H])[2H])[C@H](C)C[C@H](C)S[C@@H]1C(=O)OC. The van der Waals surface area contributed by atoms with Crippen LogP contribution in [0.5, 0.6) is 0 Å². The molecule has 0 spiro atoms. The van der Waals surface area contributed by atoms with Gasteiger partial charge in [-0.1, -0.05) is 6.92 Å². The fourth-order valence-electron chi connectivity index (χ4n) is 1.68. The number of esters is 1. The van der Waals surface area contributed by atoms with E-state index in [1.54, 1.807) is 6.92 Å². The molecule has 1 saturated heterocycles. The standard InChI is InChI=1S/C9H18O5S2/c1-6-5-7(2)16(13-4,14-11)9(15-6)8(10)12-3/h6-7,9,11H,5H2,1-4H3/t6-,7+,9-/m0/s1/i4D3/hD. The van der Waals surface area contributed by atoms with Crippen molar-refractivity contribution >= 4 is 28.3 Å². The Morgan fingerprint density at radius 3 is 3.00 bits per heavy atom. The largest absolute Gasteiger partial charge is 0.467 e. The van der Waals surface area contributed by atoms with Crippen LogP contribution < -0.4 is 0 Å². The van der Waals surface area contributed by atoms with E-state index in [-0.39, 0.29) is 5.25 Å². The van der Waals surface area contributed by atoms with Crippen LogP contribution in [0.1, 0.15) is 24.4 Å². The van der Waals surface area contributed by atoms with Gasteiger partial charge in [-0.25, -0.2) is 10.1 Å². The van der Waals surface area contributed by atoms with Gasteiger partial charge in [0.15, 0.2) is 4.58 Å². The van der Waals surface area contributed by atoms with Gasteiger partial charge in [-0.3, -0.25) is 4.18 Å². The molecular weight excluding hydrogens is 252 g/mol. The van der Waals surface area contributed by atoms with E-state index >= 15 is 0 Å². The number of hydrogen-bond donors (Lipinski definition) is 1. The van der Waals surface area contributed by atoms with Gasteiger partial charge in [-0.15, -0.1) is 26.7 Å². The van der Waals surface area contributed by atoms with Crippen molar-refractivity contribution in [2.24, 2.45) is 0 Å². The second-order valence-electron chi connectivity index (χ2n) is 3.59. The summed E-state index contributed by atoms with van der Waals surface area (Å²) in [4.78, 5) is 12.0. The fraction of sp³-hybridized carbons (Fsp3) is 0.889. The molecule has 0 aromatic rings. The second-order valence-corrected chi connectivity index (χ2v) is 8.19. The molecule has 4 atom stereocenters. The van der Waals surface area contributed by atoms with Gasteiger partial charge in [-0.05, 0) is 13.3 Å². The predicted octanol–water partition coefficient (Wildman–Crippen LogP) is 2.17. The van der Waals surface area contributed by atoms with Crippen LogP contribution in [0.25, 0.3) is 1.43 Å². The Bertz CT molecular complexity index is 356. The molecule has 0 amide bonds. The molecule has 0 saturated carbocycles. The summed E-state index contributed by atoms with van der Waals surface area (Å²) in [6.45, 7) is 3.63. The van der Waals surface area contributed by atoms with Crippen LogP contribution in [-0.2, 0) is 18.0 Å². The first kappa shape index (κ1) is 9.04. The van der Waals surface area contributed by atoms with Crippen LogP contribution in [0, 0.1) is 0 Å². The molecule has 1 heterocycles. The van der Waals surface area contributed by atoms with Crippen molar-refractivity contribution in [2.45, 2.75) is 35.4 Å². The molecular formula is C9H18O5S2. The summed E-state index contributed by atoms with van der Waals surface area (Å²) in [5.41, 5.74) is 0. The van der Waals surface area contributed by atoms with Gasteiger partial charge in [0.25, 0.3) is 1.43 Å². The molecule has 1 unspecified atom stereocenters. The van der Waals surface area contributed by atoms with Gasteiger partial charge in [0, 0.05) is 5.25 Å². The van der Waals surface area contributed by atoms with Gasteiger partial charge in [0.1, 0.15) is 0 Å². The Morgan fingerprint density at radius 1 is 1.69 bits per heavy atom. The van der Waals surface area contributed by atoms with Crippen LogP contribution in [0.3, 0.4) is 0 Å². The first-order chi connectivity index (χ1) is 9.16. The van der Waals surface area contributed by atoms with E-state index in [9.17, 15) is 4.79 Å². The molecule has 1 N–H and O–H groups in total. The molecule has 0 radical (unpaired) electrons. The summed E-state index contributed by atoms with van der Waals surface area (Å²) in [7, 11) is -4.52. The minimum absolute atomic E-state index is 0.101. The molecule has 0 aliphatic carbocycles. The summed E-state index contributed by atoms with van der Waals surface area (Å²) in [5, 5.41) is 3.66. The van der Waals surface area contributed by atoms with E-state index in [2.05, 4.69) is 5.26 Å². The Hall–Kier alpha value is 0.0500. The lowest BCUT2D eigenvalue weighted by atomic mass is 10.3. The van der Waals surface area contributed by atoms with E-state index in [1.807, 2.05) is 6.92 Å². The van der Waals surface area contributed by atoms with Crippen LogP contribution in [0.2, 0.25) is 0 Å². The number of thioether (sulfide) groups is 1. The number of methoxy groups -OCH3 is 1. The summed E-state index contributed by atoms with van der Waals surface area (Å²) < 4.78 is 42.3. The highest BCUT2D eigenvalue weighted by Crippen LogP contribution is 2.66. The molecule has 0 aromatic heterocycles. The Morgan fingerprint density at radius 2 is 2.44 bits per heavy atom. The quantitative estimate of drug-likeness (QED) is 0.481. The summed E-state index contributed by atoms with van der Waals surface area (Å²) >= 11 is 1.21. The third-order valence-electron chi connectivity index (χ3n) is 2.51. The van der Waals surface area contributed by atoms with E-state index in [0.717, 1.165) is 0 Å². The lowest BCUT2D eigenvalue weighted by Crippen LogP contribution is -2.40. The molecule has 0 bridgehead atoms. The Kier molecular flexibility index (Phi) is 3.16. The minimum Gasteiger partial charge on any atom is -0.467 e. The number of ether oxygens (including phenoxy) is 1. The minimum atomic E-state index is -2.95. The van der Waals surface area contributed by atoms with Crippen LogP contribution in [-0.4, -0.2) is 40.5 Å². The lowest BCUT2D eigenvalue weighted by Gasteiger charge is -2.51. The van der Waals surface area contributed by atoms with Crippen molar-refractivity contribution < 1.29 is 27.4 Å². The van der Waals surface area contributed by atoms with Crippen LogP contribution >= 0.6 is 22.4 Å². The third-order valence-corrected chi connectivity index (χ3v) is 7.32. The zero-order valence-corrected chi connectivity index (χ0v) is 10.9. The van der Waals surface area contributed by atoms with E-state index in [4.69, 9.17) is 18.8 Å². The lowest BCUT2D eigenvalue weighted by molar-refractivity contribution is -0.144. The maximum Gasteiger partial charge on any atom is 0.338 e. The normalized spacial score (nSPS) is 47.8. The molecule has 16 heavy (non-hydrogen) atoms. The first-order valence-corrected chi connectivity index (χ1v) is 7.28. The average Bonchev–Trinajstić information content (AvgIpc) is 2.31. The maximum absolute atomic E-state index is 12.0. The third kappa shape index (κ3) is 2.33. The summed E-state index contributed by atoms with van der Waals surface area (Å²) in [6.07, 6.45) is 0.576. The predicted molar refractivity (Wildman–Crippen MR) is 65.2 cm³/mol. The molecule has 5 nitrogen and oxygen atoms in total. The fourth-order valence-corrected chi connectivity index (χ4v) is 6.64. The second kappa shape index (κ2) is 5.59. The number of rotatable bonds is 4.